The number of ether oxygens (including phenoxy) is 2. The second kappa shape index (κ2) is 7.30. The predicted molar refractivity (Wildman–Crippen MR) is 102 cm³/mol. The molecule has 8 heteroatoms. The lowest BCUT2D eigenvalue weighted by atomic mass is 9.99. The molecule has 1 aromatic heterocycles. The number of carbonyl (C=O) groups is 1. The summed E-state index contributed by atoms with van der Waals surface area (Å²) in [6.07, 6.45) is 2.98. The molecule has 2 heterocycles. The number of aromatic nitrogens is 2. The van der Waals surface area contributed by atoms with Gasteiger partial charge in [0.15, 0.2) is 23.1 Å². The number of benzene rings is 1. The molecule has 8 nitrogen and oxygen atoms in total. The van der Waals surface area contributed by atoms with Gasteiger partial charge in [-0.15, -0.1) is 10.2 Å². The number of carbonyl (C=O) groups excluding carboxylic acids is 1. The fourth-order valence-electron chi connectivity index (χ4n) is 3.20. The molecule has 1 aliphatic heterocycles. The first-order chi connectivity index (χ1) is 13.2. The van der Waals surface area contributed by atoms with Crippen LogP contribution in [-0.2, 0) is 13.0 Å². The van der Waals surface area contributed by atoms with Gasteiger partial charge in [-0.05, 0) is 54.7 Å². The lowest BCUT2D eigenvalue weighted by Crippen LogP contribution is -2.32. The first-order valence-corrected chi connectivity index (χ1v) is 9.06. The number of anilines is 2. The summed E-state index contributed by atoms with van der Waals surface area (Å²) in [5, 5.41) is 14.0. The van der Waals surface area contributed by atoms with Crippen LogP contribution in [0.15, 0.2) is 24.3 Å². The maximum Gasteiger partial charge on any atom is 0.320 e. The molecular formula is C19H23N5O3. The number of hydrogen-bond donors (Lipinski definition) is 2. The largest absolute Gasteiger partial charge is 0.493 e. The van der Waals surface area contributed by atoms with Crippen molar-refractivity contribution in [3.05, 3.63) is 35.4 Å². The van der Waals surface area contributed by atoms with Crippen LogP contribution in [-0.4, -0.2) is 43.0 Å². The lowest BCUT2D eigenvalue weighted by Gasteiger charge is -2.30. The van der Waals surface area contributed by atoms with Crippen molar-refractivity contribution in [3.8, 4) is 11.5 Å². The van der Waals surface area contributed by atoms with Gasteiger partial charge in [-0.25, -0.2) is 4.79 Å². The molecule has 142 valence electrons. The third-order valence-electron chi connectivity index (χ3n) is 4.85. The van der Waals surface area contributed by atoms with Crippen LogP contribution in [0.5, 0.6) is 11.5 Å². The van der Waals surface area contributed by atoms with Gasteiger partial charge < -0.3 is 19.7 Å². The molecule has 0 unspecified atom stereocenters. The van der Waals surface area contributed by atoms with E-state index >= 15 is 0 Å². The Morgan fingerprint density at radius 2 is 1.85 bits per heavy atom. The van der Waals surface area contributed by atoms with Crippen LogP contribution in [0.4, 0.5) is 16.4 Å². The monoisotopic (exact) mass is 369 g/mol. The van der Waals surface area contributed by atoms with Gasteiger partial charge in [0.1, 0.15) is 0 Å². The number of methoxy groups -OCH3 is 2. The summed E-state index contributed by atoms with van der Waals surface area (Å²) >= 11 is 0. The molecule has 4 rings (SSSR count). The SMILES string of the molecule is COc1cc2c(cc1OC)CN(c1ccc(NC(=O)NC3CC3)nn1)CC2. The van der Waals surface area contributed by atoms with Crippen molar-refractivity contribution in [3.63, 3.8) is 0 Å². The zero-order valence-corrected chi connectivity index (χ0v) is 15.5. The van der Waals surface area contributed by atoms with Gasteiger partial charge in [0.05, 0.1) is 14.2 Å². The lowest BCUT2D eigenvalue weighted by molar-refractivity contribution is 0.251. The van der Waals surface area contributed by atoms with Crippen LogP contribution < -0.4 is 25.0 Å². The van der Waals surface area contributed by atoms with E-state index in [4.69, 9.17) is 9.47 Å². The second-order valence-corrected chi connectivity index (χ2v) is 6.80. The highest BCUT2D eigenvalue weighted by Gasteiger charge is 2.24. The minimum atomic E-state index is -0.229. The number of hydrogen-bond acceptors (Lipinski definition) is 6. The van der Waals surface area contributed by atoms with Crippen molar-refractivity contribution in [2.24, 2.45) is 0 Å². The molecule has 0 atom stereocenters. The van der Waals surface area contributed by atoms with Crippen molar-refractivity contribution in [1.82, 2.24) is 15.5 Å². The number of rotatable bonds is 5. The Labute approximate surface area is 157 Å². The van der Waals surface area contributed by atoms with E-state index in [0.29, 0.717) is 11.9 Å². The molecule has 2 aliphatic rings. The summed E-state index contributed by atoms with van der Waals surface area (Å²) < 4.78 is 10.8. The van der Waals surface area contributed by atoms with Gasteiger partial charge in [-0.3, -0.25) is 5.32 Å². The van der Waals surface area contributed by atoms with Crippen molar-refractivity contribution < 1.29 is 14.3 Å². The molecule has 1 fully saturated rings. The molecule has 0 saturated heterocycles. The summed E-state index contributed by atoms with van der Waals surface area (Å²) in [6, 6.07) is 7.80. The standard InChI is InChI=1S/C19H23N5O3/c1-26-15-9-12-7-8-24(11-13(12)10-16(15)27-2)18-6-5-17(22-23-18)21-19(25)20-14-3-4-14/h5-6,9-10,14H,3-4,7-8,11H2,1-2H3,(H2,20,21,22,25). The number of urea groups is 1. The average molecular weight is 369 g/mol. The van der Waals surface area contributed by atoms with Crippen molar-refractivity contribution in [2.75, 3.05) is 31.0 Å². The van der Waals surface area contributed by atoms with Gasteiger partial charge >= 0.3 is 6.03 Å². The molecule has 1 aliphatic carbocycles. The smallest absolute Gasteiger partial charge is 0.320 e. The Kier molecular flexibility index (Phi) is 4.70. The average Bonchev–Trinajstić information content (AvgIpc) is 3.50. The van der Waals surface area contributed by atoms with Crippen molar-refractivity contribution >= 4 is 17.7 Å². The normalized spacial score (nSPS) is 15.7. The predicted octanol–water partition coefficient (Wildman–Crippen LogP) is 2.34. The van der Waals surface area contributed by atoms with Crippen LogP contribution in [0.25, 0.3) is 0 Å². The molecule has 27 heavy (non-hydrogen) atoms. The molecular weight excluding hydrogens is 346 g/mol. The van der Waals surface area contributed by atoms with Gasteiger partial charge in [-0.1, -0.05) is 0 Å². The van der Waals surface area contributed by atoms with E-state index in [0.717, 1.165) is 49.7 Å². The second-order valence-electron chi connectivity index (χ2n) is 6.80. The van der Waals surface area contributed by atoms with Crippen LogP contribution >= 0.6 is 0 Å². The minimum Gasteiger partial charge on any atom is -0.493 e. The number of fused-ring (bicyclic) bond motifs is 1. The fraction of sp³-hybridized carbons (Fsp3) is 0.421. The van der Waals surface area contributed by atoms with Crippen molar-refractivity contribution in [1.29, 1.82) is 0 Å². The maximum atomic E-state index is 11.8. The van der Waals surface area contributed by atoms with E-state index in [1.807, 2.05) is 18.2 Å². The topological polar surface area (TPSA) is 88.6 Å². The zero-order valence-electron chi connectivity index (χ0n) is 15.5. The molecule has 1 saturated carbocycles. The highest BCUT2D eigenvalue weighted by Crippen LogP contribution is 2.34. The van der Waals surface area contributed by atoms with E-state index in [2.05, 4.69) is 25.7 Å². The van der Waals surface area contributed by atoms with Gasteiger partial charge in [-0.2, -0.15) is 0 Å². The summed E-state index contributed by atoms with van der Waals surface area (Å²) in [6.45, 7) is 1.56. The van der Waals surface area contributed by atoms with Gasteiger partial charge in [0, 0.05) is 19.1 Å². The minimum absolute atomic E-state index is 0.229. The van der Waals surface area contributed by atoms with Crippen molar-refractivity contribution in [2.45, 2.75) is 31.8 Å². The third kappa shape index (κ3) is 3.89. The highest BCUT2D eigenvalue weighted by atomic mass is 16.5. The van der Waals surface area contributed by atoms with Crippen LogP contribution in [0, 0.1) is 0 Å². The number of nitrogens with zero attached hydrogens (tertiary/aromatic N) is 3. The molecule has 2 aromatic rings. The van der Waals surface area contributed by atoms with E-state index in [-0.39, 0.29) is 6.03 Å². The van der Waals surface area contributed by atoms with Crippen LogP contribution in [0.2, 0.25) is 0 Å². The molecule has 2 N–H and O–H groups in total. The summed E-state index contributed by atoms with van der Waals surface area (Å²) in [7, 11) is 3.29. The van der Waals surface area contributed by atoms with Gasteiger partial charge in [0.2, 0.25) is 0 Å². The maximum absolute atomic E-state index is 11.8. The molecule has 2 amide bonds. The quantitative estimate of drug-likeness (QED) is 0.841. The molecule has 0 radical (unpaired) electrons. The van der Waals surface area contributed by atoms with E-state index in [1.54, 1.807) is 20.3 Å². The third-order valence-corrected chi connectivity index (χ3v) is 4.85. The Bertz CT molecular complexity index is 836. The first kappa shape index (κ1) is 17.4. The Balaban J connectivity index is 1.44. The molecule has 0 bridgehead atoms. The summed E-state index contributed by atoms with van der Waals surface area (Å²) in [5.74, 6) is 2.71. The Morgan fingerprint density at radius 3 is 2.48 bits per heavy atom. The molecule has 0 spiro atoms. The number of amides is 2. The zero-order chi connectivity index (χ0) is 18.8. The first-order valence-electron chi connectivity index (χ1n) is 9.06. The van der Waals surface area contributed by atoms with Crippen LogP contribution in [0.3, 0.4) is 0 Å². The van der Waals surface area contributed by atoms with Gasteiger partial charge in [0.25, 0.3) is 0 Å². The fourth-order valence-corrected chi connectivity index (χ4v) is 3.20. The summed E-state index contributed by atoms with van der Waals surface area (Å²) in [4.78, 5) is 13.9. The summed E-state index contributed by atoms with van der Waals surface area (Å²) in [5.41, 5.74) is 2.44. The van der Waals surface area contributed by atoms with Crippen LogP contribution in [0.1, 0.15) is 24.0 Å². The Hall–Kier alpha value is -3.03. The van der Waals surface area contributed by atoms with E-state index in [1.165, 1.54) is 11.1 Å². The van der Waals surface area contributed by atoms with E-state index < -0.39 is 0 Å². The van der Waals surface area contributed by atoms with E-state index in [9.17, 15) is 4.79 Å². The number of nitrogens with one attached hydrogen (secondary N) is 2. The Morgan fingerprint density at radius 1 is 1.11 bits per heavy atom. The molecule has 1 aromatic carbocycles. The highest BCUT2D eigenvalue weighted by molar-refractivity contribution is 5.88.